The average Bonchev–Trinajstić information content (AvgIpc) is 2.97. The molecule has 4 heteroatoms. The standard InChI is InChI=1S/C16H12N2O2/c19-15-9-11-5-1-4-8-14(11)18(15)16(20)10-17-13-7-3-2-6-12(13)16/h1-8,10,20H,9H2. The Kier molecular flexibility index (Phi) is 2.15. The zero-order chi connectivity index (χ0) is 13.7. The van der Waals surface area contributed by atoms with Crippen molar-refractivity contribution in [3.05, 3.63) is 59.7 Å². The molecule has 1 unspecified atom stereocenters. The van der Waals surface area contributed by atoms with E-state index < -0.39 is 5.72 Å². The van der Waals surface area contributed by atoms with E-state index in [4.69, 9.17) is 0 Å². The van der Waals surface area contributed by atoms with E-state index in [1.807, 2.05) is 42.5 Å². The minimum atomic E-state index is -1.49. The molecule has 0 bridgehead atoms. The predicted octanol–water partition coefficient (Wildman–Crippen LogP) is 2.14. The van der Waals surface area contributed by atoms with Crippen LogP contribution in [-0.4, -0.2) is 17.2 Å². The summed E-state index contributed by atoms with van der Waals surface area (Å²) in [6.45, 7) is 0. The minimum absolute atomic E-state index is 0.114. The Morgan fingerprint density at radius 1 is 1.10 bits per heavy atom. The van der Waals surface area contributed by atoms with E-state index in [1.165, 1.54) is 11.1 Å². The summed E-state index contributed by atoms with van der Waals surface area (Å²) >= 11 is 0. The molecule has 0 spiro atoms. The second-order valence-electron chi connectivity index (χ2n) is 5.04. The number of hydrogen-bond acceptors (Lipinski definition) is 3. The fourth-order valence-corrected chi connectivity index (χ4v) is 2.93. The van der Waals surface area contributed by atoms with E-state index in [1.54, 1.807) is 6.07 Å². The van der Waals surface area contributed by atoms with Crippen molar-refractivity contribution < 1.29 is 9.90 Å². The van der Waals surface area contributed by atoms with Crippen molar-refractivity contribution in [3.63, 3.8) is 0 Å². The van der Waals surface area contributed by atoms with E-state index >= 15 is 0 Å². The first-order valence-corrected chi connectivity index (χ1v) is 6.48. The number of para-hydroxylation sites is 2. The number of nitrogens with zero attached hydrogens (tertiary/aromatic N) is 2. The normalized spacial score (nSPS) is 23.1. The number of anilines is 1. The maximum Gasteiger partial charge on any atom is 0.234 e. The Morgan fingerprint density at radius 3 is 2.75 bits per heavy atom. The van der Waals surface area contributed by atoms with E-state index in [2.05, 4.69) is 4.99 Å². The Labute approximate surface area is 116 Å². The summed E-state index contributed by atoms with van der Waals surface area (Å²) in [6, 6.07) is 14.9. The maximum atomic E-state index is 12.3. The van der Waals surface area contributed by atoms with Crippen LogP contribution in [0, 0.1) is 0 Å². The number of fused-ring (bicyclic) bond motifs is 2. The van der Waals surface area contributed by atoms with E-state index in [-0.39, 0.29) is 5.91 Å². The Morgan fingerprint density at radius 2 is 1.85 bits per heavy atom. The zero-order valence-corrected chi connectivity index (χ0v) is 10.7. The molecule has 2 aromatic rings. The molecular weight excluding hydrogens is 252 g/mol. The van der Waals surface area contributed by atoms with Gasteiger partial charge in [0, 0.05) is 5.56 Å². The highest BCUT2D eigenvalue weighted by Gasteiger charge is 2.46. The van der Waals surface area contributed by atoms with Crippen LogP contribution in [0.2, 0.25) is 0 Å². The lowest BCUT2D eigenvalue weighted by Crippen LogP contribution is -2.48. The molecule has 4 nitrogen and oxygen atoms in total. The topological polar surface area (TPSA) is 52.9 Å². The number of aliphatic hydroxyl groups is 1. The molecule has 2 aliphatic rings. The Balaban J connectivity index is 1.91. The molecular formula is C16H12N2O2. The lowest BCUT2D eigenvalue weighted by molar-refractivity contribution is -0.120. The van der Waals surface area contributed by atoms with Gasteiger partial charge < -0.3 is 5.11 Å². The molecule has 2 aromatic carbocycles. The molecule has 2 heterocycles. The predicted molar refractivity (Wildman–Crippen MR) is 76.1 cm³/mol. The summed E-state index contributed by atoms with van der Waals surface area (Å²) < 4.78 is 0. The summed E-state index contributed by atoms with van der Waals surface area (Å²) in [5.74, 6) is -0.114. The number of rotatable bonds is 1. The number of benzene rings is 2. The first-order chi connectivity index (χ1) is 9.70. The van der Waals surface area contributed by atoms with Gasteiger partial charge in [-0.25, -0.2) is 0 Å². The Bertz CT molecular complexity index is 754. The second kappa shape index (κ2) is 3.77. The molecule has 98 valence electrons. The number of hydrogen-bond donors (Lipinski definition) is 1. The van der Waals surface area contributed by atoms with Crippen molar-refractivity contribution in [2.75, 3.05) is 4.90 Å². The third-order valence-electron chi connectivity index (χ3n) is 3.85. The summed E-state index contributed by atoms with van der Waals surface area (Å²) in [6.07, 6.45) is 1.76. The van der Waals surface area contributed by atoms with Gasteiger partial charge in [-0.3, -0.25) is 14.7 Å². The first-order valence-electron chi connectivity index (χ1n) is 6.48. The van der Waals surface area contributed by atoms with Crippen LogP contribution >= 0.6 is 0 Å². The first kappa shape index (κ1) is 11.4. The number of carbonyl (C=O) groups excluding carboxylic acids is 1. The van der Waals surface area contributed by atoms with Crippen LogP contribution in [0.5, 0.6) is 0 Å². The van der Waals surface area contributed by atoms with Gasteiger partial charge >= 0.3 is 0 Å². The quantitative estimate of drug-likeness (QED) is 0.858. The molecule has 0 fully saturated rings. The number of aliphatic imine (C=N–C) groups is 1. The lowest BCUT2D eigenvalue weighted by atomic mass is 10.0. The van der Waals surface area contributed by atoms with Gasteiger partial charge in [-0.1, -0.05) is 36.4 Å². The molecule has 0 aliphatic carbocycles. The van der Waals surface area contributed by atoms with Gasteiger partial charge in [0.2, 0.25) is 11.6 Å². The van der Waals surface area contributed by atoms with Crippen LogP contribution < -0.4 is 4.90 Å². The smallest absolute Gasteiger partial charge is 0.234 e. The van der Waals surface area contributed by atoms with Gasteiger partial charge in [-0.15, -0.1) is 0 Å². The van der Waals surface area contributed by atoms with Crippen molar-refractivity contribution in [3.8, 4) is 0 Å². The highest BCUT2D eigenvalue weighted by Crippen LogP contribution is 2.43. The van der Waals surface area contributed by atoms with Crippen molar-refractivity contribution in [2.45, 2.75) is 12.1 Å². The van der Waals surface area contributed by atoms with Gasteiger partial charge in [0.05, 0.1) is 24.0 Å². The Hall–Kier alpha value is -2.46. The fourth-order valence-electron chi connectivity index (χ4n) is 2.93. The molecule has 1 amide bonds. The molecule has 0 aromatic heterocycles. The van der Waals surface area contributed by atoms with Crippen LogP contribution in [0.1, 0.15) is 11.1 Å². The molecule has 20 heavy (non-hydrogen) atoms. The molecule has 2 aliphatic heterocycles. The van der Waals surface area contributed by atoms with E-state index in [0.29, 0.717) is 17.7 Å². The summed E-state index contributed by atoms with van der Waals surface area (Å²) in [5.41, 5.74) is 1.55. The van der Waals surface area contributed by atoms with Crippen molar-refractivity contribution in [1.82, 2.24) is 0 Å². The monoisotopic (exact) mass is 264 g/mol. The molecule has 4 rings (SSSR count). The lowest BCUT2D eigenvalue weighted by Gasteiger charge is -2.32. The van der Waals surface area contributed by atoms with Crippen LogP contribution in [0.25, 0.3) is 0 Å². The number of amides is 1. The van der Waals surface area contributed by atoms with Crippen molar-refractivity contribution in [1.29, 1.82) is 0 Å². The maximum absolute atomic E-state index is 12.3. The van der Waals surface area contributed by atoms with Crippen LogP contribution in [-0.2, 0) is 16.9 Å². The highest BCUT2D eigenvalue weighted by atomic mass is 16.3. The third-order valence-corrected chi connectivity index (χ3v) is 3.85. The zero-order valence-electron chi connectivity index (χ0n) is 10.7. The van der Waals surface area contributed by atoms with Gasteiger partial charge in [-0.2, -0.15) is 0 Å². The molecule has 1 N–H and O–H groups in total. The largest absolute Gasteiger partial charge is 0.362 e. The average molecular weight is 264 g/mol. The third kappa shape index (κ3) is 1.34. The van der Waals surface area contributed by atoms with Gasteiger partial charge in [0.25, 0.3) is 0 Å². The highest BCUT2D eigenvalue weighted by molar-refractivity contribution is 6.07. The molecule has 0 radical (unpaired) electrons. The van der Waals surface area contributed by atoms with Gasteiger partial charge in [0.15, 0.2) is 0 Å². The van der Waals surface area contributed by atoms with Crippen molar-refractivity contribution >= 4 is 23.5 Å². The summed E-state index contributed by atoms with van der Waals surface area (Å²) in [7, 11) is 0. The van der Waals surface area contributed by atoms with Crippen LogP contribution in [0.3, 0.4) is 0 Å². The summed E-state index contributed by atoms with van der Waals surface area (Å²) in [4.78, 5) is 18.0. The van der Waals surface area contributed by atoms with Gasteiger partial charge in [-0.05, 0) is 17.7 Å². The summed E-state index contributed by atoms with van der Waals surface area (Å²) in [5, 5.41) is 11.0. The van der Waals surface area contributed by atoms with Gasteiger partial charge in [0.1, 0.15) is 0 Å². The minimum Gasteiger partial charge on any atom is -0.362 e. The second-order valence-corrected chi connectivity index (χ2v) is 5.04. The molecule has 1 atom stereocenters. The van der Waals surface area contributed by atoms with Crippen molar-refractivity contribution in [2.24, 2.45) is 4.99 Å². The number of carbonyl (C=O) groups is 1. The fraction of sp³-hybridized carbons (Fsp3) is 0.125. The van der Waals surface area contributed by atoms with E-state index in [9.17, 15) is 9.90 Å². The van der Waals surface area contributed by atoms with E-state index in [0.717, 1.165) is 11.3 Å². The van der Waals surface area contributed by atoms with Crippen LogP contribution in [0.4, 0.5) is 11.4 Å². The molecule has 0 saturated heterocycles. The molecule has 0 saturated carbocycles. The SMILES string of the molecule is O=C1Cc2ccccc2N1C1(O)C=Nc2ccccc21. The van der Waals surface area contributed by atoms with Crippen LogP contribution in [0.15, 0.2) is 53.5 Å².